The second kappa shape index (κ2) is 8.25. The largest absolute Gasteiger partial charge is 0.379 e. The van der Waals surface area contributed by atoms with Crippen molar-refractivity contribution in [2.24, 2.45) is 0 Å². The Kier molecular flexibility index (Phi) is 6.30. The van der Waals surface area contributed by atoms with Gasteiger partial charge in [-0.2, -0.15) is 0 Å². The number of nitrogens with zero attached hydrogens (tertiary/aromatic N) is 1. The number of anilines is 1. The standard InChI is InChI=1S/C15H21ClN2O2/c16-7-1-2-15(19)17-14-5-3-13(4-6-14)12-18-8-10-20-11-9-18/h3-6H,1-2,7-12H2,(H,17,19). The molecular weight excluding hydrogens is 276 g/mol. The van der Waals surface area contributed by atoms with Crippen LogP contribution in [0.2, 0.25) is 0 Å². The first-order valence-corrected chi connectivity index (χ1v) is 7.56. The maximum absolute atomic E-state index is 11.6. The molecule has 0 atom stereocenters. The number of carbonyl (C=O) groups excluding carboxylic acids is 1. The van der Waals surface area contributed by atoms with Gasteiger partial charge in [-0.15, -0.1) is 11.6 Å². The fourth-order valence-corrected chi connectivity index (χ4v) is 2.30. The third kappa shape index (κ3) is 5.12. The van der Waals surface area contributed by atoms with E-state index in [1.165, 1.54) is 5.56 Å². The van der Waals surface area contributed by atoms with Gasteiger partial charge in [0, 0.05) is 37.6 Å². The van der Waals surface area contributed by atoms with Crippen LogP contribution in [0, 0.1) is 0 Å². The molecule has 1 amide bonds. The number of benzene rings is 1. The summed E-state index contributed by atoms with van der Waals surface area (Å²) in [6, 6.07) is 8.03. The lowest BCUT2D eigenvalue weighted by atomic mass is 10.2. The number of alkyl halides is 1. The number of hydrogen-bond donors (Lipinski definition) is 1. The second-order valence-corrected chi connectivity index (χ2v) is 5.30. The van der Waals surface area contributed by atoms with E-state index in [0.717, 1.165) is 38.5 Å². The summed E-state index contributed by atoms with van der Waals surface area (Å²) in [4.78, 5) is 14.0. The zero-order valence-corrected chi connectivity index (χ0v) is 12.4. The molecule has 0 radical (unpaired) electrons. The highest BCUT2D eigenvalue weighted by Crippen LogP contribution is 2.13. The number of ether oxygens (including phenoxy) is 1. The van der Waals surface area contributed by atoms with E-state index in [9.17, 15) is 4.79 Å². The molecule has 5 heteroatoms. The molecular formula is C15H21ClN2O2. The van der Waals surface area contributed by atoms with Crippen LogP contribution in [0.3, 0.4) is 0 Å². The van der Waals surface area contributed by atoms with Gasteiger partial charge < -0.3 is 10.1 Å². The summed E-state index contributed by atoms with van der Waals surface area (Å²) in [6.07, 6.45) is 1.18. The van der Waals surface area contributed by atoms with E-state index in [2.05, 4.69) is 22.3 Å². The summed E-state index contributed by atoms with van der Waals surface area (Å²) in [6.45, 7) is 4.53. The maximum Gasteiger partial charge on any atom is 0.224 e. The van der Waals surface area contributed by atoms with Crippen LogP contribution in [0.4, 0.5) is 5.69 Å². The number of amides is 1. The van der Waals surface area contributed by atoms with Gasteiger partial charge in [0.1, 0.15) is 0 Å². The van der Waals surface area contributed by atoms with Crippen LogP contribution in [0.15, 0.2) is 24.3 Å². The van der Waals surface area contributed by atoms with Crippen LogP contribution in [0.1, 0.15) is 18.4 Å². The first-order valence-electron chi connectivity index (χ1n) is 7.03. The summed E-state index contributed by atoms with van der Waals surface area (Å²) in [7, 11) is 0. The Morgan fingerprint density at radius 2 is 1.95 bits per heavy atom. The zero-order chi connectivity index (χ0) is 14.2. The van der Waals surface area contributed by atoms with E-state index >= 15 is 0 Å². The van der Waals surface area contributed by atoms with Crippen LogP contribution in [0.5, 0.6) is 0 Å². The zero-order valence-electron chi connectivity index (χ0n) is 11.6. The molecule has 0 aromatic heterocycles. The normalized spacial score (nSPS) is 16.1. The van der Waals surface area contributed by atoms with Crippen LogP contribution < -0.4 is 5.32 Å². The molecule has 0 saturated carbocycles. The molecule has 0 bridgehead atoms. The van der Waals surface area contributed by atoms with Gasteiger partial charge in [-0.25, -0.2) is 0 Å². The lowest BCUT2D eigenvalue weighted by Gasteiger charge is -2.26. The molecule has 1 aromatic rings. The monoisotopic (exact) mass is 296 g/mol. The van der Waals surface area contributed by atoms with Gasteiger partial charge in [-0.1, -0.05) is 12.1 Å². The minimum Gasteiger partial charge on any atom is -0.379 e. The number of halogens is 1. The lowest BCUT2D eigenvalue weighted by molar-refractivity contribution is -0.116. The summed E-state index contributed by atoms with van der Waals surface area (Å²) in [5.74, 6) is 0.540. The minimum atomic E-state index is 0.0200. The highest BCUT2D eigenvalue weighted by Gasteiger charge is 2.10. The van der Waals surface area contributed by atoms with Gasteiger partial charge in [0.2, 0.25) is 5.91 Å². The summed E-state index contributed by atoms with van der Waals surface area (Å²) in [5, 5.41) is 2.88. The lowest BCUT2D eigenvalue weighted by Crippen LogP contribution is -2.35. The van der Waals surface area contributed by atoms with Gasteiger partial charge in [0.15, 0.2) is 0 Å². The van der Waals surface area contributed by atoms with E-state index in [1.807, 2.05) is 12.1 Å². The first-order chi connectivity index (χ1) is 9.78. The summed E-state index contributed by atoms with van der Waals surface area (Å²) in [5.41, 5.74) is 2.10. The van der Waals surface area contributed by atoms with Crippen LogP contribution in [0.25, 0.3) is 0 Å². The first kappa shape index (κ1) is 15.3. The summed E-state index contributed by atoms with van der Waals surface area (Å²) < 4.78 is 5.33. The number of morpholine rings is 1. The van der Waals surface area contributed by atoms with E-state index in [-0.39, 0.29) is 5.91 Å². The fourth-order valence-electron chi connectivity index (χ4n) is 2.16. The molecule has 0 unspecified atom stereocenters. The Morgan fingerprint density at radius 3 is 2.60 bits per heavy atom. The molecule has 1 fully saturated rings. The van der Waals surface area contributed by atoms with E-state index in [0.29, 0.717) is 18.7 Å². The Hall–Kier alpha value is -1.10. The maximum atomic E-state index is 11.6. The van der Waals surface area contributed by atoms with Crippen LogP contribution in [-0.4, -0.2) is 43.0 Å². The van der Waals surface area contributed by atoms with E-state index in [1.54, 1.807) is 0 Å². The molecule has 2 rings (SSSR count). The van der Waals surface area contributed by atoms with Gasteiger partial charge >= 0.3 is 0 Å². The number of nitrogens with one attached hydrogen (secondary N) is 1. The van der Waals surface area contributed by atoms with Crippen molar-refractivity contribution >= 4 is 23.2 Å². The molecule has 1 aromatic carbocycles. The predicted molar refractivity (Wildman–Crippen MR) is 81.1 cm³/mol. The van der Waals surface area contributed by atoms with Crippen molar-refractivity contribution in [3.8, 4) is 0 Å². The Labute approximate surface area is 125 Å². The van der Waals surface area contributed by atoms with Gasteiger partial charge in [-0.3, -0.25) is 9.69 Å². The average Bonchev–Trinajstić information content (AvgIpc) is 2.48. The number of rotatable bonds is 6. The molecule has 1 N–H and O–H groups in total. The van der Waals surface area contributed by atoms with Crippen molar-refractivity contribution in [1.29, 1.82) is 0 Å². The highest BCUT2D eigenvalue weighted by molar-refractivity contribution is 6.18. The van der Waals surface area contributed by atoms with Gasteiger partial charge in [0.05, 0.1) is 13.2 Å². The quantitative estimate of drug-likeness (QED) is 0.820. The van der Waals surface area contributed by atoms with Crippen molar-refractivity contribution in [2.45, 2.75) is 19.4 Å². The van der Waals surface area contributed by atoms with Crippen molar-refractivity contribution in [2.75, 3.05) is 37.5 Å². The Morgan fingerprint density at radius 1 is 1.25 bits per heavy atom. The second-order valence-electron chi connectivity index (χ2n) is 4.93. The van der Waals surface area contributed by atoms with Gasteiger partial charge in [-0.05, 0) is 24.1 Å². The van der Waals surface area contributed by atoms with E-state index < -0.39 is 0 Å². The highest BCUT2D eigenvalue weighted by atomic mass is 35.5. The fraction of sp³-hybridized carbons (Fsp3) is 0.533. The predicted octanol–water partition coefficient (Wildman–Crippen LogP) is 2.48. The SMILES string of the molecule is O=C(CCCCl)Nc1ccc(CN2CCOCC2)cc1. The average molecular weight is 297 g/mol. The van der Waals surface area contributed by atoms with Crippen LogP contribution in [-0.2, 0) is 16.1 Å². The molecule has 1 aliphatic rings. The topological polar surface area (TPSA) is 41.6 Å². The number of carbonyl (C=O) groups is 1. The Bertz CT molecular complexity index is 416. The Balaban J connectivity index is 1.81. The van der Waals surface area contributed by atoms with E-state index in [4.69, 9.17) is 16.3 Å². The minimum absolute atomic E-state index is 0.0200. The third-order valence-electron chi connectivity index (χ3n) is 3.29. The van der Waals surface area contributed by atoms with Crippen molar-refractivity contribution in [1.82, 2.24) is 4.90 Å². The third-order valence-corrected chi connectivity index (χ3v) is 3.55. The molecule has 1 saturated heterocycles. The van der Waals surface area contributed by atoms with Crippen LogP contribution >= 0.6 is 11.6 Å². The molecule has 110 valence electrons. The molecule has 1 aliphatic heterocycles. The van der Waals surface area contributed by atoms with Gasteiger partial charge in [0.25, 0.3) is 0 Å². The van der Waals surface area contributed by atoms with Crippen molar-refractivity contribution in [3.63, 3.8) is 0 Å². The smallest absolute Gasteiger partial charge is 0.224 e. The number of hydrogen-bond acceptors (Lipinski definition) is 3. The molecule has 1 heterocycles. The van der Waals surface area contributed by atoms with Crippen molar-refractivity contribution in [3.05, 3.63) is 29.8 Å². The molecule has 0 spiro atoms. The molecule has 20 heavy (non-hydrogen) atoms. The molecule has 0 aliphatic carbocycles. The van der Waals surface area contributed by atoms with Crippen molar-refractivity contribution < 1.29 is 9.53 Å². The molecule has 4 nitrogen and oxygen atoms in total. The summed E-state index contributed by atoms with van der Waals surface area (Å²) >= 11 is 5.57.